The first kappa shape index (κ1) is 19.0. The molecule has 6 nitrogen and oxygen atoms in total. The third-order valence-electron chi connectivity index (χ3n) is 4.09. The van der Waals surface area contributed by atoms with E-state index >= 15 is 0 Å². The Morgan fingerprint density at radius 2 is 1.67 bits per heavy atom. The van der Waals surface area contributed by atoms with E-state index in [2.05, 4.69) is 10.6 Å². The maximum absolute atomic E-state index is 11.9. The van der Waals surface area contributed by atoms with Crippen LogP contribution >= 0.6 is 11.6 Å². The molecule has 0 bridgehead atoms. The van der Waals surface area contributed by atoms with Gasteiger partial charge in [-0.3, -0.25) is 9.59 Å². The van der Waals surface area contributed by atoms with Crippen molar-refractivity contribution in [3.05, 3.63) is 58.6 Å². The third-order valence-corrected chi connectivity index (χ3v) is 4.34. The van der Waals surface area contributed by atoms with Gasteiger partial charge in [-0.1, -0.05) is 17.7 Å². The molecule has 27 heavy (non-hydrogen) atoms. The summed E-state index contributed by atoms with van der Waals surface area (Å²) in [5.41, 5.74) is 1.58. The van der Waals surface area contributed by atoms with Crippen LogP contribution in [0.25, 0.3) is 0 Å². The van der Waals surface area contributed by atoms with Crippen LogP contribution in [-0.4, -0.2) is 38.1 Å². The third kappa shape index (κ3) is 5.62. The number of carbonyl (C=O) groups excluding carboxylic acids is 2. The van der Waals surface area contributed by atoms with Crippen LogP contribution in [0.1, 0.15) is 22.3 Å². The number of halogens is 1. The molecule has 2 aromatic carbocycles. The number of ether oxygens (including phenoxy) is 2. The minimum Gasteiger partial charge on any atom is -0.486 e. The van der Waals surface area contributed by atoms with Crippen LogP contribution in [0.2, 0.25) is 5.02 Å². The minimum absolute atomic E-state index is 0.107. The summed E-state index contributed by atoms with van der Waals surface area (Å²) in [6.07, 6.45) is 0.917. The summed E-state index contributed by atoms with van der Waals surface area (Å²) in [6.45, 7) is 1.91. The van der Waals surface area contributed by atoms with Crippen LogP contribution in [0.5, 0.6) is 11.5 Å². The summed E-state index contributed by atoms with van der Waals surface area (Å²) < 4.78 is 11.0. The summed E-state index contributed by atoms with van der Waals surface area (Å²) in [7, 11) is 0. The Morgan fingerprint density at radius 3 is 2.44 bits per heavy atom. The summed E-state index contributed by atoms with van der Waals surface area (Å²) in [4.78, 5) is 23.9. The second-order valence-electron chi connectivity index (χ2n) is 6.09. The highest BCUT2D eigenvalue weighted by molar-refractivity contribution is 6.30. The van der Waals surface area contributed by atoms with Gasteiger partial charge in [0.2, 0.25) is 5.91 Å². The average Bonchev–Trinajstić information content (AvgIpc) is 2.68. The van der Waals surface area contributed by atoms with Crippen molar-refractivity contribution >= 4 is 23.4 Å². The minimum atomic E-state index is -0.226. The summed E-state index contributed by atoms with van der Waals surface area (Å²) in [5, 5.41) is 6.14. The van der Waals surface area contributed by atoms with Crippen molar-refractivity contribution in [3.8, 4) is 11.5 Å². The Balaban J connectivity index is 1.35. The molecule has 1 aliphatic rings. The first-order chi connectivity index (χ1) is 13.1. The zero-order valence-electron chi connectivity index (χ0n) is 14.8. The van der Waals surface area contributed by atoms with Gasteiger partial charge in [-0.2, -0.15) is 0 Å². The van der Waals surface area contributed by atoms with E-state index in [1.165, 1.54) is 0 Å². The quantitative estimate of drug-likeness (QED) is 0.764. The molecule has 0 aromatic heterocycles. The lowest BCUT2D eigenvalue weighted by Gasteiger charge is -2.18. The Bertz CT molecular complexity index is 808. The van der Waals surface area contributed by atoms with Crippen LogP contribution in [0, 0.1) is 0 Å². The van der Waals surface area contributed by atoms with E-state index < -0.39 is 0 Å². The van der Waals surface area contributed by atoms with Gasteiger partial charge in [0.25, 0.3) is 5.91 Å². The predicted octanol–water partition coefficient (Wildman–Crippen LogP) is 2.59. The second-order valence-corrected chi connectivity index (χ2v) is 6.53. The fourth-order valence-corrected chi connectivity index (χ4v) is 2.80. The number of nitrogens with one attached hydrogen (secondary N) is 2. The molecule has 1 aliphatic heterocycles. The SMILES string of the molecule is O=C(CCNC(=O)c1ccc(Cl)cc1)NCCc1ccc2c(c1)OCCO2. The van der Waals surface area contributed by atoms with Gasteiger partial charge in [-0.15, -0.1) is 0 Å². The number of hydrogen-bond acceptors (Lipinski definition) is 4. The Kier molecular flexibility index (Phi) is 6.54. The van der Waals surface area contributed by atoms with Crippen molar-refractivity contribution in [2.24, 2.45) is 0 Å². The van der Waals surface area contributed by atoms with Crippen LogP contribution < -0.4 is 20.1 Å². The molecule has 2 aromatic rings. The molecule has 3 rings (SSSR count). The topological polar surface area (TPSA) is 76.7 Å². The fourth-order valence-electron chi connectivity index (χ4n) is 2.67. The highest BCUT2D eigenvalue weighted by atomic mass is 35.5. The molecule has 0 spiro atoms. The molecule has 0 saturated carbocycles. The van der Waals surface area contributed by atoms with Crippen LogP contribution in [0.15, 0.2) is 42.5 Å². The van der Waals surface area contributed by atoms with E-state index in [4.69, 9.17) is 21.1 Å². The number of hydrogen-bond donors (Lipinski definition) is 2. The Hall–Kier alpha value is -2.73. The largest absolute Gasteiger partial charge is 0.486 e. The van der Waals surface area contributed by atoms with Gasteiger partial charge in [-0.05, 0) is 48.4 Å². The van der Waals surface area contributed by atoms with E-state index in [-0.39, 0.29) is 24.8 Å². The molecular weight excluding hydrogens is 368 g/mol. The molecule has 1 heterocycles. The standard InChI is InChI=1S/C20H21ClN2O4/c21-16-4-2-15(3-5-16)20(25)23-10-8-19(24)22-9-7-14-1-6-17-18(13-14)27-12-11-26-17/h1-6,13H,7-12H2,(H,22,24)(H,23,25). The summed E-state index contributed by atoms with van der Waals surface area (Å²) >= 11 is 5.79. The van der Waals surface area contributed by atoms with Crippen molar-refractivity contribution < 1.29 is 19.1 Å². The smallest absolute Gasteiger partial charge is 0.251 e. The normalized spacial score (nSPS) is 12.3. The van der Waals surface area contributed by atoms with Gasteiger partial charge >= 0.3 is 0 Å². The number of benzene rings is 2. The first-order valence-corrected chi connectivity index (χ1v) is 9.18. The van der Waals surface area contributed by atoms with E-state index in [0.717, 1.165) is 17.1 Å². The van der Waals surface area contributed by atoms with Gasteiger partial charge in [0, 0.05) is 30.1 Å². The number of fused-ring (bicyclic) bond motifs is 1. The van der Waals surface area contributed by atoms with Crippen molar-refractivity contribution in [1.82, 2.24) is 10.6 Å². The van der Waals surface area contributed by atoms with Crippen molar-refractivity contribution in [1.29, 1.82) is 0 Å². The van der Waals surface area contributed by atoms with Crippen LogP contribution in [0.4, 0.5) is 0 Å². The highest BCUT2D eigenvalue weighted by Gasteiger charge is 2.12. The zero-order valence-corrected chi connectivity index (χ0v) is 15.6. The van der Waals surface area contributed by atoms with Gasteiger partial charge < -0.3 is 20.1 Å². The molecule has 0 aliphatic carbocycles. The molecule has 0 unspecified atom stereocenters. The van der Waals surface area contributed by atoms with Gasteiger partial charge in [0.05, 0.1) is 0 Å². The fraction of sp³-hybridized carbons (Fsp3) is 0.300. The summed E-state index contributed by atoms with van der Waals surface area (Å²) in [5.74, 6) is 1.17. The maximum atomic E-state index is 11.9. The van der Waals surface area contributed by atoms with Crippen LogP contribution in [0.3, 0.4) is 0 Å². The van der Waals surface area contributed by atoms with Gasteiger partial charge in [0.1, 0.15) is 13.2 Å². The molecular formula is C20H21ClN2O4. The van der Waals surface area contributed by atoms with E-state index in [9.17, 15) is 9.59 Å². The van der Waals surface area contributed by atoms with E-state index in [1.807, 2.05) is 18.2 Å². The molecule has 0 fully saturated rings. The van der Waals surface area contributed by atoms with Crippen molar-refractivity contribution in [3.63, 3.8) is 0 Å². The number of rotatable bonds is 7. The lowest BCUT2D eigenvalue weighted by atomic mass is 10.1. The number of carbonyl (C=O) groups is 2. The lowest BCUT2D eigenvalue weighted by molar-refractivity contribution is -0.120. The Morgan fingerprint density at radius 1 is 0.926 bits per heavy atom. The first-order valence-electron chi connectivity index (χ1n) is 8.81. The molecule has 2 amide bonds. The zero-order chi connectivity index (χ0) is 19.1. The molecule has 0 saturated heterocycles. The van der Waals surface area contributed by atoms with E-state index in [0.29, 0.717) is 36.8 Å². The molecule has 142 valence electrons. The highest BCUT2D eigenvalue weighted by Crippen LogP contribution is 2.30. The second kappa shape index (κ2) is 9.28. The molecule has 0 radical (unpaired) electrons. The predicted molar refractivity (Wildman–Crippen MR) is 103 cm³/mol. The van der Waals surface area contributed by atoms with E-state index in [1.54, 1.807) is 24.3 Å². The van der Waals surface area contributed by atoms with Gasteiger partial charge in [0.15, 0.2) is 11.5 Å². The molecule has 7 heteroatoms. The number of amides is 2. The molecule has 2 N–H and O–H groups in total. The lowest BCUT2D eigenvalue weighted by Crippen LogP contribution is -2.31. The Labute approximate surface area is 162 Å². The average molecular weight is 389 g/mol. The summed E-state index contributed by atoms with van der Waals surface area (Å²) in [6, 6.07) is 12.4. The van der Waals surface area contributed by atoms with Crippen molar-refractivity contribution in [2.45, 2.75) is 12.8 Å². The van der Waals surface area contributed by atoms with Gasteiger partial charge in [-0.25, -0.2) is 0 Å². The molecule has 0 atom stereocenters. The van der Waals surface area contributed by atoms with Crippen molar-refractivity contribution in [2.75, 3.05) is 26.3 Å². The maximum Gasteiger partial charge on any atom is 0.251 e. The van der Waals surface area contributed by atoms with Crippen LogP contribution in [-0.2, 0) is 11.2 Å². The monoisotopic (exact) mass is 388 g/mol.